The Bertz CT molecular complexity index is 801. The van der Waals surface area contributed by atoms with Gasteiger partial charge in [0.05, 0.1) is 23.5 Å². The quantitative estimate of drug-likeness (QED) is 0.938. The first kappa shape index (κ1) is 17.5. The van der Waals surface area contributed by atoms with Crippen LogP contribution in [0.2, 0.25) is 0 Å². The van der Waals surface area contributed by atoms with Crippen LogP contribution in [0.15, 0.2) is 24.3 Å². The van der Waals surface area contributed by atoms with E-state index in [1.54, 1.807) is 18.9 Å². The molecule has 0 aliphatic rings. The predicted molar refractivity (Wildman–Crippen MR) is 96.2 cm³/mol. The molecule has 124 valence electrons. The molecule has 1 heterocycles. The summed E-state index contributed by atoms with van der Waals surface area (Å²) >= 11 is 0. The molecule has 0 aliphatic carbocycles. The number of carbonyl (C=O) groups is 1. The van der Waals surface area contributed by atoms with Crippen LogP contribution < -0.4 is 10.2 Å². The van der Waals surface area contributed by atoms with Crippen LogP contribution in [0.4, 0.5) is 11.4 Å². The highest BCUT2D eigenvalue weighted by Crippen LogP contribution is 2.23. The number of rotatable bonds is 4. The molecular formula is C19H22N4O. The molecule has 0 atom stereocenters. The van der Waals surface area contributed by atoms with Crippen LogP contribution in [0.3, 0.4) is 0 Å². The highest BCUT2D eigenvalue weighted by Gasteiger charge is 2.15. The molecule has 1 aromatic heterocycles. The Labute approximate surface area is 142 Å². The van der Waals surface area contributed by atoms with Crippen LogP contribution in [-0.4, -0.2) is 24.5 Å². The molecule has 0 unspecified atom stereocenters. The molecule has 1 N–H and O–H groups in total. The zero-order chi connectivity index (χ0) is 17.9. The smallest absolute Gasteiger partial charge is 0.243 e. The van der Waals surface area contributed by atoms with Gasteiger partial charge in [0.25, 0.3) is 0 Å². The molecule has 0 saturated heterocycles. The molecule has 2 aromatic rings. The van der Waals surface area contributed by atoms with Crippen molar-refractivity contribution >= 4 is 17.3 Å². The zero-order valence-electron chi connectivity index (χ0n) is 14.8. The Balaban J connectivity index is 2.20. The lowest BCUT2D eigenvalue weighted by molar-refractivity contribution is -0.114. The first-order valence-corrected chi connectivity index (χ1v) is 7.79. The lowest BCUT2D eigenvalue weighted by Crippen LogP contribution is -2.31. The van der Waals surface area contributed by atoms with Gasteiger partial charge in [0.1, 0.15) is 6.07 Å². The minimum Gasteiger partial charge on any atom is -0.364 e. The molecular weight excluding hydrogens is 300 g/mol. The van der Waals surface area contributed by atoms with Crippen molar-refractivity contribution in [3.63, 3.8) is 0 Å². The number of hydrogen-bond acceptors (Lipinski definition) is 4. The summed E-state index contributed by atoms with van der Waals surface area (Å²) in [5.41, 5.74) is 5.62. The summed E-state index contributed by atoms with van der Waals surface area (Å²) in [4.78, 5) is 18.5. The number of nitrogens with zero attached hydrogens (tertiary/aromatic N) is 3. The third-order valence-electron chi connectivity index (χ3n) is 3.96. The number of benzene rings is 1. The van der Waals surface area contributed by atoms with Gasteiger partial charge in [-0.25, -0.2) is 0 Å². The maximum atomic E-state index is 12.4. The average molecular weight is 322 g/mol. The maximum Gasteiger partial charge on any atom is 0.243 e. The fraction of sp³-hybridized carbons (Fsp3) is 0.316. The van der Waals surface area contributed by atoms with Gasteiger partial charge in [-0.3, -0.25) is 9.78 Å². The fourth-order valence-electron chi connectivity index (χ4n) is 2.74. The molecule has 0 saturated carbocycles. The average Bonchev–Trinajstić information content (AvgIpc) is 2.50. The molecule has 0 spiro atoms. The number of nitriles is 1. The molecule has 1 aromatic carbocycles. The summed E-state index contributed by atoms with van der Waals surface area (Å²) in [5, 5.41) is 12.3. The Morgan fingerprint density at radius 3 is 2.46 bits per heavy atom. The molecule has 0 radical (unpaired) electrons. The van der Waals surface area contributed by atoms with Gasteiger partial charge in [0, 0.05) is 18.4 Å². The second kappa shape index (κ2) is 7.14. The molecule has 24 heavy (non-hydrogen) atoms. The minimum absolute atomic E-state index is 0.120. The Hall–Kier alpha value is -2.87. The second-order valence-electron chi connectivity index (χ2n) is 6.03. The highest BCUT2D eigenvalue weighted by molar-refractivity contribution is 5.95. The lowest BCUT2D eigenvalue weighted by Gasteiger charge is -2.22. The Kier molecular flexibility index (Phi) is 5.20. The number of hydrogen-bond donors (Lipinski definition) is 1. The number of anilines is 2. The van der Waals surface area contributed by atoms with Gasteiger partial charge in [0.2, 0.25) is 5.91 Å². The third-order valence-corrected chi connectivity index (χ3v) is 3.96. The van der Waals surface area contributed by atoms with E-state index in [0.29, 0.717) is 11.3 Å². The van der Waals surface area contributed by atoms with Crippen molar-refractivity contribution in [3.8, 4) is 6.07 Å². The second-order valence-corrected chi connectivity index (χ2v) is 6.03. The van der Waals surface area contributed by atoms with Crippen molar-refractivity contribution in [2.75, 3.05) is 23.8 Å². The first-order valence-electron chi connectivity index (χ1n) is 7.79. The number of carbonyl (C=O) groups excluding carboxylic acids is 1. The number of para-hydroxylation sites is 1. The molecule has 5 heteroatoms. The van der Waals surface area contributed by atoms with E-state index in [-0.39, 0.29) is 12.5 Å². The van der Waals surface area contributed by atoms with Gasteiger partial charge in [-0.05, 0) is 44.9 Å². The number of nitrogens with one attached hydrogen (secondary N) is 1. The summed E-state index contributed by atoms with van der Waals surface area (Å²) in [7, 11) is 1.80. The van der Waals surface area contributed by atoms with Gasteiger partial charge in [-0.2, -0.15) is 5.26 Å². The van der Waals surface area contributed by atoms with Crippen LogP contribution in [-0.2, 0) is 4.79 Å². The predicted octanol–water partition coefficient (Wildman–Crippen LogP) is 3.26. The third kappa shape index (κ3) is 3.72. The van der Waals surface area contributed by atoms with Crippen LogP contribution in [0, 0.1) is 39.0 Å². The van der Waals surface area contributed by atoms with E-state index in [1.165, 1.54) is 0 Å². The van der Waals surface area contributed by atoms with Crippen molar-refractivity contribution in [1.29, 1.82) is 5.26 Å². The normalized spacial score (nSPS) is 10.2. The molecule has 0 bridgehead atoms. The van der Waals surface area contributed by atoms with Crippen molar-refractivity contribution in [2.45, 2.75) is 27.7 Å². The van der Waals surface area contributed by atoms with E-state index in [0.717, 1.165) is 28.2 Å². The molecule has 2 rings (SSSR count). The summed E-state index contributed by atoms with van der Waals surface area (Å²) < 4.78 is 0. The maximum absolute atomic E-state index is 12.4. The van der Waals surface area contributed by atoms with Gasteiger partial charge in [-0.15, -0.1) is 0 Å². The van der Waals surface area contributed by atoms with E-state index >= 15 is 0 Å². The van der Waals surface area contributed by atoms with Crippen molar-refractivity contribution in [3.05, 3.63) is 52.3 Å². The van der Waals surface area contributed by atoms with E-state index < -0.39 is 0 Å². The number of likely N-dealkylation sites (N-methyl/N-ethyl adjacent to an activating group) is 1. The first-order chi connectivity index (χ1) is 11.3. The number of pyridine rings is 1. The molecule has 5 nitrogen and oxygen atoms in total. The van der Waals surface area contributed by atoms with Crippen molar-refractivity contribution in [2.24, 2.45) is 0 Å². The van der Waals surface area contributed by atoms with Gasteiger partial charge >= 0.3 is 0 Å². The topological polar surface area (TPSA) is 69.0 Å². The summed E-state index contributed by atoms with van der Waals surface area (Å²) in [6, 6.07) is 9.91. The monoisotopic (exact) mass is 322 g/mol. The van der Waals surface area contributed by atoms with E-state index in [9.17, 15) is 10.1 Å². The Morgan fingerprint density at radius 1 is 1.25 bits per heavy atom. The van der Waals surface area contributed by atoms with Crippen LogP contribution in [0.5, 0.6) is 0 Å². The highest BCUT2D eigenvalue weighted by atomic mass is 16.2. The summed E-state index contributed by atoms with van der Waals surface area (Å²) in [5.74, 6) is -0.120. The minimum atomic E-state index is -0.120. The molecule has 1 amide bonds. The van der Waals surface area contributed by atoms with Crippen LogP contribution in [0.1, 0.15) is 28.1 Å². The zero-order valence-corrected chi connectivity index (χ0v) is 14.8. The summed E-state index contributed by atoms with van der Waals surface area (Å²) in [6.45, 7) is 7.78. The van der Waals surface area contributed by atoms with Gasteiger partial charge < -0.3 is 10.2 Å². The lowest BCUT2D eigenvalue weighted by atomic mass is 10.1. The SMILES string of the molecule is Cc1cc(N(C)CC(=O)Nc2c(C)cccc2C)c(C#N)c(C)n1. The van der Waals surface area contributed by atoms with Gasteiger partial charge in [0.15, 0.2) is 0 Å². The van der Waals surface area contributed by atoms with Crippen LogP contribution in [0.25, 0.3) is 0 Å². The number of aryl methyl sites for hydroxylation is 4. The van der Waals surface area contributed by atoms with Crippen LogP contribution >= 0.6 is 0 Å². The van der Waals surface area contributed by atoms with E-state index in [4.69, 9.17) is 0 Å². The summed E-state index contributed by atoms with van der Waals surface area (Å²) in [6.07, 6.45) is 0. The number of amides is 1. The Morgan fingerprint density at radius 2 is 1.88 bits per heavy atom. The standard InChI is InChI=1S/C19H22N4O/c1-12-7-6-8-13(2)19(12)22-18(24)11-23(5)17-9-14(3)21-15(4)16(17)10-20/h6-9H,11H2,1-5H3,(H,22,24). The molecule has 0 fully saturated rings. The molecule has 0 aliphatic heterocycles. The van der Waals surface area contributed by atoms with E-state index in [1.807, 2.05) is 45.0 Å². The van der Waals surface area contributed by atoms with Crippen molar-refractivity contribution < 1.29 is 4.79 Å². The number of aromatic nitrogens is 1. The fourth-order valence-corrected chi connectivity index (χ4v) is 2.74. The largest absolute Gasteiger partial charge is 0.364 e. The van der Waals surface area contributed by atoms with E-state index in [2.05, 4.69) is 16.4 Å². The van der Waals surface area contributed by atoms with Crippen molar-refractivity contribution in [1.82, 2.24) is 4.98 Å². The van der Waals surface area contributed by atoms with Gasteiger partial charge in [-0.1, -0.05) is 18.2 Å².